The molecular formula is C19H29N3O2. The second-order valence-corrected chi connectivity index (χ2v) is 6.74. The average molecular weight is 331 g/mol. The lowest BCUT2D eigenvalue weighted by Crippen LogP contribution is -2.53. The second kappa shape index (κ2) is 7.99. The van der Waals surface area contributed by atoms with Gasteiger partial charge in [0.1, 0.15) is 6.04 Å². The van der Waals surface area contributed by atoms with E-state index in [1.165, 1.54) is 24.1 Å². The normalized spacial score (nSPS) is 21.9. The van der Waals surface area contributed by atoms with Crippen LogP contribution < -0.4 is 4.90 Å². The molecule has 0 aromatic heterocycles. The number of ether oxygens (including phenoxy) is 1. The fourth-order valence-corrected chi connectivity index (χ4v) is 3.74. The first kappa shape index (κ1) is 17.2. The van der Waals surface area contributed by atoms with Crippen molar-refractivity contribution in [1.82, 2.24) is 9.80 Å². The highest BCUT2D eigenvalue weighted by Gasteiger charge is 2.30. The molecular weight excluding hydrogens is 302 g/mol. The third-order valence-electron chi connectivity index (χ3n) is 5.15. The summed E-state index contributed by atoms with van der Waals surface area (Å²) >= 11 is 0. The number of hydrogen-bond donors (Lipinski definition) is 0. The molecule has 132 valence electrons. The maximum absolute atomic E-state index is 12.9. The second-order valence-electron chi connectivity index (χ2n) is 6.74. The lowest BCUT2D eigenvalue weighted by Gasteiger charge is -2.36. The van der Waals surface area contributed by atoms with Gasteiger partial charge in [0, 0.05) is 38.9 Å². The van der Waals surface area contributed by atoms with Gasteiger partial charge in [-0.25, -0.2) is 0 Å². The Kier molecular flexibility index (Phi) is 5.74. The highest BCUT2D eigenvalue weighted by Crippen LogP contribution is 2.25. The van der Waals surface area contributed by atoms with Crippen LogP contribution in [0.25, 0.3) is 0 Å². The van der Waals surface area contributed by atoms with Crippen LogP contribution in [0.5, 0.6) is 0 Å². The van der Waals surface area contributed by atoms with Crippen molar-refractivity contribution in [3.63, 3.8) is 0 Å². The van der Waals surface area contributed by atoms with E-state index in [4.69, 9.17) is 4.74 Å². The molecule has 2 aliphatic rings. The summed E-state index contributed by atoms with van der Waals surface area (Å²) in [6.45, 7) is 7.95. The molecule has 0 bridgehead atoms. The van der Waals surface area contributed by atoms with E-state index >= 15 is 0 Å². The number of morpholine rings is 1. The molecule has 1 aromatic carbocycles. The smallest absolute Gasteiger partial charge is 0.242 e. The summed E-state index contributed by atoms with van der Waals surface area (Å²) < 4.78 is 5.54. The van der Waals surface area contributed by atoms with Crippen LogP contribution in [-0.2, 0) is 16.1 Å². The minimum atomic E-state index is -0.146. The third kappa shape index (κ3) is 3.73. The number of carbonyl (C=O) groups is 1. The molecule has 1 aromatic rings. The summed E-state index contributed by atoms with van der Waals surface area (Å²) in [6.07, 6.45) is 2.52. The van der Waals surface area contributed by atoms with Gasteiger partial charge in [0.25, 0.3) is 0 Å². The third-order valence-corrected chi connectivity index (χ3v) is 5.15. The number of para-hydroxylation sites is 1. The van der Waals surface area contributed by atoms with E-state index in [2.05, 4.69) is 41.0 Å². The monoisotopic (exact) mass is 331 g/mol. The van der Waals surface area contributed by atoms with Gasteiger partial charge >= 0.3 is 0 Å². The van der Waals surface area contributed by atoms with Crippen molar-refractivity contribution in [3.05, 3.63) is 29.8 Å². The first-order valence-electron chi connectivity index (χ1n) is 9.10. The SMILES string of the molecule is CCN1CCOCC1C(=O)N(C)Cc1ccccc1N1CCCC1. The Morgan fingerprint density at radius 1 is 1.25 bits per heavy atom. The first-order valence-corrected chi connectivity index (χ1v) is 9.10. The van der Waals surface area contributed by atoms with Gasteiger partial charge < -0.3 is 14.5 Å². The molecule has 5 nitrogen and oxygen atoms in total. The number of nitrogens with zero attached hydrogens (tertiary/aromatic N) is 3. The minimum absolute atomic E-state index is 0.146. The van der Waals surface area contributed by atoms with Gasteiger partial charge in [-0.3, -0.25) is 9.69 Å². The molecule has 1 amide bonds. The van der Waals surface area contributed by atoms with Crippen LogP contribution in [-0.4, -0.2) is 68.2 Å². The van der Waals surface area contributed by atoms with Crippen LogP contribution in [0, 0.1) is 0 Å². The van der Waals surface area contributed by atoms with Crippen LogP contribution in [0.15, 0.2) is 24.3 Å². The van der Waals surface area contributed by atoms with Crippen molar-refractivity contribution in [3.8, 4) is 0 Å². The number of amides is 1. The van der Waals surface area contributed by atoms with Crippen LogP contribution in [0.3, 0.4) is 0 Å². The standard InChI is InChI=1S/C19H29N3O2/c1-3-21-12-13-24-15-18(21)19(23)20(2)14-16-8-4-5-9-17(16)22-10-6-7-11-22/h4-5,8-9,18H,3,6-7,10-15H2,1-2H3. The van der Waals surface area contributed by atoms with Crippen molar-refractivity contribution in [1.29, 1.82) is 0 Å². The molecule has 1 atom stereocenters. The fourth-order valence-electron chi connectivity index (χ4n) is 3.74. The number of carbonyl (C=O) groups excluding carboxylic acids is 1. The van der Waals surface area contributed by atoms with E-state index in [-0.39, 0.29) is 11.9 Å². The topological polar surface area (TPSA) is 36.0 Å². The van der Waals surface area contributed by atoms with Gasteiger partial charge in [0.2, 0.25) is 5.91 Å². The molecule has 2 saturated heterocycles. The molecule has 0 N–H and O–H groups in total. The molecule has 2 fully saturated rings. The van der Waals surface area contributed by atoms with Gasteiger partial charge in [-0.1, -0.05) is 25.1 Å². The Bertz CT molecular complexity index is 557. The van der Waals surface area contributed by atoms with Crippen LogP contribution >= 0.6 is 0 Å². The van der Waals surface area contributed by atoms with Crippen molar-refractivity contribution < 1.29 is 9.53 Å². The summed E-state index contributed by atoms with van der Waals surface area (Å²) in [7, 11) is 1.91. The fraction of sp³-hybridized carbons (Fsp3) is 0.632. The van der Waals surface area contributed by atoms with Crippen molar-refractivity contribution in [2.75, 3.05) is 51.3 Å². The van der Waals surface area contributed by atoms with Gasteiger partial charge in [0.05, 0.1) is 13.2 Å². The van der Waals surface area contributed by atoms with Gasteiger partial charge in [0.15, 0.2) is 0 Å². The Labute approximate surface area is 145 Å². The molecule has 0 saturated carbocycles. The molecule has 24 heavy (non-hydrogen) atoms. The number of anilines is 1. The van der Waals surface area contributed by atoms with E-state index in [0.29, 0.717) is 13.2 Å². The van der Waals surface area contributed by atoms with Crippen LogP contribution in [0.2, 0.25) is 0 Å². The Hall–Kier alpha value is -1.59. The number of hydrogen-bond acceptors (Lipinski definition) is 4. The molecule has 0 aliphatic carbocycles. The molecule has 2 heterocycles. The number of rotatable bonds is 5. The Morgan fingerprint density at radius 3 is 2.75 bits per heavy atom. The van der Waals surface area contributed by atoms with Crippen molar-refractivity contribution in [2.24, 2.45) is 0 Å². The largest absolute Gasteiger partial charge is 0.378 e. The number of benzene rings is 1. The quantitative estimate of drug-likeness (QED) is 0.826. The lowest BCUT2D eigenvalue weighted by molar-refractivity contribution is -0.142. The minimum Gasteiger partial charge on any atom is -0.378 e. The predicted molar refractivity (Wildman–Crippen MR) is 96.2 cm³/mol. The lowest BCUT2D eigenvalue weighted by atomic mass is 10.1. The number of likely N-dealkylation sites (N-methyl/N-ethyl adjacent to an activating group) is 2. The summed E-state index contributed by atoms with van der Waals surface area (Å²) in [5, 5.41) is 0. The molecule has 3 rings (SSSR count). The zero-order chi connectivity index (χ0) is 16.9. The Morgan fingerprint density at radius 2 is 2.00 bits per heavy atom. The van der Waals surface area contributed by atoms with Crippen molar-refractivity contribution in [2.45, 2.75) is 32.4 Å². The summed E-state index contributed by atoms with van der Waals surface area (Å²) in [5.74, 6) is 0.160. The first-order chi connectivity index (χ1) is 11.7. The zero-order valence-corrected chi connectivity index (χ0v) is 14.9. The van der Waals surface area contributed by atoms with E-state index in [1.54, 1.807) is 0 Å². The molecule has 2 aliphatic heterocycles. The van der Waals surface area contributed by atoms with E-state index < -0.39 is 0 Å². The molecule has 5 heteroatoms. The van der Waals surface area contributed by atoms with E-state index in [1.807, 2.05) is 11.9 Å². The van der Waals surface area contributed by atoms with Gasteiger partial charge in [-0.2, -0.15) is 0 Å². The summed E-state index contributed by atoms with van der Waals surface area (Å²) in [6, 6.07) is 8.34. The predicted octanol–water partition coefficient (Wildman–Crippen LogP) is 1.97. The average Bonchev–Trinajstić information content (AvgIpc) is 3.16. The Balaban J connectivity index is 1.70. The molecule has 0 spiro atoms. The maximum Gasteiger partial charge on any atom is 0.242 e. The zero-order valence-electron chi connectivity index (χ0n) is 14.9. The van der Waals surface area contributed by atoms with Gasteiger partial charge in [-0.05, 0) is 31.0 Å². The van der Waals surface area contributed by atoms with Crippen molar-refractivity contribution >= 4 is 11.6 Å². The molecule has 0 radical (unpaired) electrons. The van der Waals surface area contributed by atoms with Crippen LogP contribution in [0.1, 0.15) is 25.3 Å². The van der Waals surface area contributed by atoms with Gasteiger partial charge in [-0.15, -0.1) is 0 Å². The highest BCUT2D eigenvalue weighted by molar-refractivity contribution is 5.82. The van der Waals surface area contributed by atoms with E-state index in [9.17, 15) is 4.79 Å². The maximum atomic E-state index is 12.9. The summed E-state index contributed by atoms with van der Waals surface area (Å²) in [5.41, 5.74) is 2.51. The van der Waals surface area contributed by atoms with Crippen LogP contribution in [0.4, 0.5) is 5.69 Å². The van der Waals surface area contributed by atoms with E-state index in [0.717, 1.165) is 32.8 Å². The summed E-state index contributed by atoms with van der Waals surface area (Å²) in [4.78, 5) is 19.4. The highest BCUT2D eigenvalue weighted by atomic mass is 16.5. The molecule has 1 unspecified atom stereocenters.